The van der Waals surface area contributed by atoms with Gasteiger partial charge in [0.25, 0.3) is 0 Å². The molecule has 1 aromatic carbocycles. The van der Waals surface area contributed by atoms with Crippen LogP contribution >= 0.6 is 11.9 Å². The average molecular weight is 518 g/mol. The molecule has 0 radical (unpaired) electrons. The summed E-state index contributed by atoms with van der Waals surface area (Å²) in [6.45, 7) is 23.8. The zero-order valence-corrected chi connectivity index (χ0v) is 25.5. The van der Waals surface area contributed by atoms with Gasteiger partial charge in [-0.15, -0.1) is 0 Å². The number of rotatable bonds is 10. The lowest BCUT2D eigenvalue weighted by Gasteiger charge is -2.39. The second-order valence-electron chi connectivity index (χ2n) is 12.1. The number of amidine groups is 1. The van der Waals surface area contributed by atoms with E-state index in [0.717, 1.165) is 31.8 Å². The highest BCUT2D eigenvalue weighted by atomic mass is 32.2. The summed E-state index contributed by atoms with van der Waals surface area (Å²) in [5, 5.41) is 0.452. The maximum atomic E-state index is 13.7. The van der Waals surface area contributed by atoms with Crippen molar-refractivity contribution < 1.29 is 4.39 Å². The monoisotopic (exact) mass is 517 g/mol. The van der Waals surface area contributed by atoms with Gasteiger partial charge in [0.2, 0.25) is 0 Å². The molecule has 1 fully saturated rings. The third kappa shape index (κ3) is 12.5. The van der Waals surface area contributed by atoms with E-state index < -0.39 is 0 Å². The van der Waals surface area contributed by atoms with Crippen molar-refractivity contribution in [2.24, 2.45) is 15.8 Å². The molecule has 1 atom stereocenters. The van der Waals surface area contributed by atoms with Crippen LogP contribution < -0.4 is 9.62 Å². The highest BCUT2D eigenvalue weighted by molar-refractivity contribution is 7.98. The van der Waals surface area contributed by atoms with Crippen molar-refractivity contribution >= 4 is 23.5 Å². The zero-order chi connectivity index (χ0) is 27.4. The van der Waals surface area contributed by atoms with E-state index in [0.29, 0.717) is 22.8 Å². The Morgan fingerprint density at radius 1 is 1.14 bits per heavy atom. The fraction of sp³-hybridized carbons (Fsp3) is 0.645. The number of nitrogens with zero attached hydrogens (tertiary/aromatic N) is 2. The Bertz CT molecular complexity index is 847. The maximum absolute atomic E-state index is 13.7. The third-order valence-corrected chi connectivity index (χ3v) is 7.22. The SMILES string of the molecule is C/C=C\C(CN=C1CC(C)(C)C(Cc2ccc(N(CCC)CCC)cc2)SN1)=C(/C)F.CC(C)(C)C. The van der Waals surface area contributed by atoms with Gasteiger partial charge in [-0.1, -0.05) is 79.7 Å². The van der Waals surface area contributed by atoms with E-state index in [-0.39, 0.29) is 11.2 Å². The fourth-order valence-corrected chi connectivity index (χ4v) is 5.00. The number of halogens is 1. The van der Waals surface area contributed by atoms with Gasteiger partial charge in [0, 0.05) is 36.0 Å². The van der Waals surface area contributed by atoms with Crippen LogP contribution in [-0.2, 0) is 6.42 Å². The number of hydrogen-bond acceptors (Lipinski definition) is 3. The Labute approximate surface area is 226 Å². The first kappa shape index (κ1) is 32.3. The number of benzene rings is 1. The Morgan fingerprint density at radius 3 is 2.14 bits per heavy atom. The van der Waals surface area contributed by atoms with E-state index in [4.69, 9.17) is 0 Å². The molecular formula is C31H52FN3S. The maximum Gasteiger partial charge on any atom is 0.107 e. The Morgan fingerprint density at radius 2 is 1.69 bits per heavy atom. The highest BCUT2D eigenvalue weighted by Crippen LogP contribution is 2.39. The molecule has 204 valence electrons. The van der Waals surface area contributed by atoms with Crippen molar-refractivity contribution in [3.8, 4) is 0 Å². The predicted molar refractivity (Wildman–Crippen MR) is 162 cm³/mol. The number of hydrogen-bond donors (Lipinski definition) is 1. The molecular weight excluding hydrogens is 465 g/mol. The molecule has 3 nitrogen and oxygen atoms in total. The summed E-state index contributed by atoms with van der Waals surface area (Å²) < 4.78 is 17.1. The second-order valence-corrected chi connectivity index (χ2v) is 13.1. The molecule has 2 rings (SSSR count). The highest BCUT2D eigenvalue weighted by Gasteiger charge is 2.36. The first-order valence-electron chi connectivity index (χ1n) is 13.6. The summed E-state index contributed by atoms with van der Waals surface area (Å²) in [6, 6.07) is 9.11. The number of anilines is 1. The van der Waals surface area contributed by atoms with E-state index >= 15 is 0 Å². The molecule has 5 heteroatoms. The number of aliphatic imine (C=N–C) groups is 1. The lowest BCUT2D eigenvalue weighted by Crippen LogP contribution is -2.42. The minimum atomic E-state index is -0.164. The second kappa shape index (κ2) is 15.5. The number of nitrogens with one attached hydrogen (secondary N) is 1. The van der Waals surface area contributed by atoms with Crippen LogP contribution in [0.25, 0.3) is 0 Å². The summed E-state index contributed by atoms with van der Waals surface area (Å²) in [7, 11) is 0. The lowest BCUT2D eigenvalue weighted by molar-refractivity contribution is 0.355. The van der Waals surface area contributed by atoms with Crippen LogP contribution in [0.4, 0.5) is 10.1 Å². The van der Waals surface area contributed by atoms with Gasteiger partial charge in [0.1, 0.15) is 11.7 Å². The molecule has 1 aliphatic rings. The molecule has 0 saturated carbocycles. The molecule has 0 aliphatic carbocycles. The molecule has 0 amide bonds. The van der Waals surface area contributed by atoms with Gasteiger partial charge >= 0.3 is 0 Å². The molecule has 36 heavy (non-hydrogen) atoms. The summed E-state index contributed by atoms with van der Waals surface area (Å²) in [5.41, 5.74) is 3.94. The van der Waals surface area contributed by atoms with Gasteiger partial charge in [-0.05, 0) is 73.6 Å². The van der Waals surface area contributed by atoms with E-state index in [9.17, 15) is 4.39 Å². The van der Waals surface area contributed by atoms with Crippen LogP contribution in [0, 0.1) is 10.8 Å². The molecule has 0 aromatic heterocycles. The average Bonchev–Trinajstić information content (AvgIpc) is 2.77. The van der Waals surface area contributed by atoms with Crippen LogP contribution in [0.1, 0.15) is 94.1 Å². The molecule has 1 aliphatic heterocycles. The standard InChI is InChI=1S/C26H40FN3S.C5H12/c1-7-10-22(20(4)27)19-28-25-18-26(5,6)24(31-29-25)17-21-11-13-23(14-12-21)30(15-8-2)16-9-3;1-5(2,3)4/h7,10-14,24H,8-9,15-19H2,1-6H3,(H,28,29);1-4H3/b10-7-,22-20-;. The Balaban J connectivity index is 0.00000118. The Kier molecular flexibility index (Phi) is 13.9. The van der Waals surface area contributed by atoms with Gasteiger partial charge in [-0.25, -0.2) is 4.39 Å². The minimum absolute atomic E-state index is 0.110. The fourth-order valence-electron chi connectivity index (χ4n) is 3.91. The molecule has 0 spiro atoms. The van der Waals surface area contributed by atoms with Crippen LogP contribution in [0.2, 0.25) is 0 Å². The molecule has 0 bridgehead atoms. The van der Waals surface area contributed by atoms with Crippen molar-refractivity contribution in [2.45, 2.75) is 100 Å². The van der Waals surface area contributed by atoms with Crippen LogP contribution in [0.15, 0.2) is 52.8 Å². The summed E-state index contributed by atoms with van der Waals surface area (Å²) in [6.07, 6.45) is 7.89. The van der Waals surface area contributed by atoms with Gasteiger partial charge in [0.15, 0.2) is 0 Å². The molecule has 1 aromatic rings. The first-order valence-corrected chi connectivity index (χ1v) is 14.5. The number of allylic oxidation sites excluding steroid dienone is 2. The smallest absolute Gasteiger partial charge is 0.107 e. The lowest BCUT2D eigenvalue weighted by atomic mass is 9.82. The normalized spacial score (nSPS) is 19.4. The van der Waals surface area contributed by atoms with Crippen LogP contribution in [0.5, 0.6) is 0 Å². The van der Waals surface area contributed by atoms with Crippen LogP contribution in [-0.4, -0.2) is 30.7 Å². The topological polar surface area (TPSA) is 27.6 Å². The largest absolute Gasteiger partial charge is 0.372 e. The van der Waals surface area contributed by atoms with Crippen LogP contribution in [0.3, 0.4) is 0 Å². The van der Waals surface area contributed by atoms with Crippen molar-refractivity contribution in [1.82, 2.24) is 4.72 Å². The van der Waals surface area contributed by atoms with E-state index in [1.54, 1.807) is 18.0 Å². The molecule has 1 heterocycles. The minimum Gasteiger partial charge on any atom is -0.372 e. The van der Waals surface area contributed by atoms with Crippen molar-refractivity contribution in [3.63, 3.8) is 0 Å². The summed E-state index contributed by atoms with van der Waals surface area (Å²) in [4.78, 5) is 7.13. The zero-order valence-electron chi connectivity index (χ0n) is 24.7. The van der Waals surface area contributed by atoms with E-state index in [1.165, 1.54) is 31.0 Å². The van der Waals surface area contributed by atoms with Crippen molar-refractivity contribution in [1.29, 1.82) is 0 Å². The van der Waals surface area contributed by atoms with Crippen molar-refractivity contribution in [2.75, 3.05) is 24.5 Å². The molecule has 1 unspecified atom stereocenters. The third-order valence-electron chi connectivity index (χ3n) is 5.77. The molecule has 1 N–H and O–H groups in total. The van der Waals surface area contributed by atoms with Gasteiger partial charge in [0.05, 0.1) is 6.54 Å². The quantitative estimate of drug-likeness (QED) is 0.248. The first-order chi connectivity index (χ1) is 16.8. The summed E-state index contributed by atoms with van der Waals surface area (Å²) in [5.74, 6) is 0.794. The van der Waals surface area contributed by atoms with E-state index in [2.05, 4.69) is 94.3 Å². The summed E-state index contributed by atoms with van der Waals surface area (Å²) >= 11 is 1.75. The molecule has 1 saturated heterocycles. The van der Waals surface area contributed by atoms with Gasteiger partial charge < -0.3 is 9.62 Å². The Hall–Kier alpha value is -1.75. The van der Waals surface area contributed by atoms with Gasteiger partial charge in [-0.3, -0.25) is 4.99 Å². The van der Waals surface area contributed by atoms with Crippen molar-refractivity contribution in [3.05, 3.63) is 53.4 Å². The van der Waals surface area contributed by atoms with E-state index in [1.807, 2.05) is 13.0 Å². The van der Waals surface area contributed by atoms with Gasteiger partial charge in [-0.2, -0.15) is 0 Å². The predicted octanol–water partition coefficient (Wildman–Crippen LogP) is 9.16.